The number of nitrogens with zero attached hydrogens (tertiary/aromatic N) is 2. The van der Waals surface area contributed by atoms with Crippen molar-refractivity contribution in [2.75, 3.05) is 19.7 Å². The first-order valence-corrected chi connectivity index (χ1v) is 7.18. The lowest BCUT2D eigenvalue weighted by molar-refractivity contribution is 0.356. The highest BCUT2D eigenvalue weighted by Gasteiger charge is 2.19. The first-order chi connectivity index (χ1) is 9.88. The number of aromatic nitrogens is 2. The van der Waals surface area contributed by atoms with E-state index in [9.17, 15) is 0 Å². The zero-order valence-corrected chi connectivity index (χ0v) is 11.3. The van der Waals surface area contributed by atoms with E-state index in [1.54, 1.807) is 0 Å². The average molecular weight is 271 g/mol. The fourth-order valence-electron chi connectivity index (χ4n) is 2.92. The molecule has 1 aromatic carbocycles. The molecule has 0 saturated carbocycles. The first kappa shape index (κ1) is 11.9. The van der Waals surface area contributed by atoms with Crippen LogP contribution in [-0.2, 0) is 12.8 Å². The number of hydrogen-bond acceptors (Lipinski definition) is 5. The molecule has 1 N–H and O–H groups in total. The van der Waals surface area contributed by atoms with Crippen molar-refractivity contribution in [3.05, 3.63) is 29.7 Å². The van der Waals surface area contributed by atoms with Crippen LogP contribution >= 0.6 is 0 Å². The summed E-state index contributed by atoms with van der Waals surface area (Å²) in [6, 6.07) is 6.10. The largest absolute Gasteiger partial charge is 0.493 e. The third-order valence-corrected chi connectivity index (χ3v) is 4.04. The molecule has 1 aromatic heterocycles. The van der Waals surface area contributed by atoms with E-state index < -0.39 is 0 Å². The molecule has 3 heterocycles. The predicted molar refractivity (Wildman–Crippen MR) is 73.6 cm³/mol. The van der Waals surface area contributed by atoms with Gasteiger partial charge in [-0.15, -0.1) is 0 Å². The topological polar surface area (TPSA) is 60.2 Å². The van der Waals surface area contributed by atoms with Crippen LogP contribution in [0.5, 0.6) is 5.75 Å². The summed E-state index contributed by atoms with van der Waals surface area (Å²) < 4.78 is 10.9. The number of hydrogen-bond donors (Lipinski definition) is 1. The quantitative estimate of drug-likeness (QED) is 0.922. The van der Waals surface area contributed by atoms with Crippen molar-refractivity contribution in [1.29, 1.82) is 0 Å². The fraction of sp³-hybridized carbons (Fsp3) is 0.467. The minimum absolute atomic E-state index is 0.622. The highest BCUT2D eigenvalue weighted by atomic mass is 16.5. The molecule has 0 aliphatic carbocycles. The zero-order chi connectivity index (χ0) is 13.4. The Morgan fingerprint density at radius 3 is 3.25 bits per heavy atom. The summed E-state index contributed by atoms with van der Waals surface area (Å²) in [6.45, 7) is 2.91. The minimum Gasteiger partial charge on any atom is -0.493 e. The highest BCUT2D eigenvalue weighted by molar-refractivity contribution is 5.59. The molecule has 1 saturated heterocycles. The number of nitrogens with one attached hydrogen (secondary N) is 1. The van der Waals surface area contributed by atoms with E-state index in [1.807, 2.05) is 12.1 Å². The summed E-state index contributed by atoms with van der Waals surface area (Å²) in [4.78, 5) is 4.52. The van der Waals surface area contributed by atoms with Gasteiger partial charge in [0.2, 0.25) is 11.7 Å². The third kappa shape index (κ3) is 2.18. The Hall–Kier alpha value is -1.88. The van der Waals surface area contributed by atoms with Crippen molar-refractivity contribution in [1.82, 2.24) is 15.5 Å². The maximum Gasteiger partial charge on any atom is 0.227 e. The smallest absolute Gasteiger partial charge is 0.227 e. The van der Waals surface area contributed by atoms with Crippen LogP contribution in [0.15, 0.2) is 22.7 Å². The maximum atomic E-state index is 5.51. The molecular formula is C15H17N3O2. The maximum absolute atomic E-state index is 5.51. The standard InChI is InChI=1S/C15H17N3O2/c1-2-13-11(4-6-19-13)8-12(1)15-17-14(20-18-15)7-10-3-5-16-9-10/h1-2,8,10,16H,3-7,9H2. The first-order valence-electron chi connectivity index (χ1n) is 7.18. The van der Waals surface area contributed by atoms with E-state index in [0.29, 0.717) is 11.7 Å². The molecule has 1 atom stereocenters. The van der Waals surface area contributed by atoms with Gasteiger partial charge in [0.15, 0.2) is 0 Å². The number of ether oxygens (including phenoxy) is 1. The molecule has 0 amide bonds. The van der Waals surface area contributed by atoms with Gasteiger partial charge in [-0.1, -0.05) is 5.16 Å². The highest BCUT2D eigenvalue weighted by Crippen LogP contribution is 2.29. The van der Waals surface area contributed by atoms with Gasteiger partial charge in [-0.25, -0.2) is 0 Å². The third-order valence-electron chi connectivity index (χ3n) is 4.04. The number of fused-ring (bicyclic) bond motifs is 1. The van der Waals surface area contributed by atoms with Crippen LogP contribution in [0.3, 0.4) is 0 Å². The second-order valence-electron chi connectivity index (χ2n) is 5.50. The van der Waals surface area contributed by atoms with E-state index in [-0.39, 0.29) is 0 Å². The molecule has 2 aliphatic rings. The monoisotopic (exact) mass is 271 g/mol. The van der Waals surface area contributed by atoms with Gasteiger partial charge in [0.25, 0.3) is 0 Å². The Morgan fingerprint density at radius 2 is 2.35 bits per heavy atom. The van der Waals surface area contributed by atoms with Gasteiger partial charge in [0.05, 0.1) is 6.61 Å². The van der Waals surface area contributed by atoms with Gasteiger partial charge in [0.1, 0.15) is 5.75 Å². The molecule has 20 heavy (non-hydrogen) atoms. The molecule has 104 valence electrons. The fourth-order valence-corrected chi connectivity index (χ4v) is 2.92. The Morgan fingerprint density at radius 1 is 1.35 bits per heavy atom. The van der Waals surface area contributed by atoms with Crippen molar-refractivity contribution < 1.29 is 9.26 Å². The van der Waals surface area contributed by atoms with Gasteiger partial charge in [0, 0.05) is 18.4 Å². The second kappa shape index (κ2) is 4.90. The summed E-state index contributed by atoms with van der Waals surface area (Å²) in [5, 5.41) is 7.46. The molecule has 5 nitrogen and oxygen atoms in total. The van der Waals surface area contributed by atoms with E-state index in [4.69, 9.17) is 9.26 Å². The number of rotatable bonds is 3. The van der Waals surface area contributed by atoms with Crippen LogP contribution in [0.25, 0.3) is 11.4 Å². The van der Waals surface area contributed by atoms with E-state index in [0.717, 1.165) is 49.7 Å². The molecule has 5 heteroatoms. The lowest BCUT2D eigenvalue weighted by atomic mass is 10.1. The SMILES string of the molecule is c1cc2c(cc1-c1noc(CC3CCNC3)n1)CCO2. The molecular weight excluding hydrogens is 254 g/mol. The van der Waals surface area contributed by atoms with Crippen LogP contribution < -0.4 is 10.1 Å². The van der Waals surface area contributed by atoms with Crippen molar-refractivity contribution in [2.24, 2.45) is 5.92 Å². The van der Waals surface area contributed by atoms with Gasteiger partial charge in [-0.3, -0.25) is 0 Å². The van der Waals surface area contributed by atoms with Crippen molar-refractivity contribution in [3.63, 3.8) is 0 Å². The lowest BCUT2D eigenvalue weighted by Gasteiger charge is -2.02. The van der Waals surface area contributed by atoms with E-state index in [2.05, 4.69) is 21.5 Å². The Bertz CT molecular complexity index is 617. The molecule has 4 rings (SSSR count). The van der Waals surface area contributed by atoms with Gasteiger partial charge in [-0.05, 0) is 49.2 Å². The van der Waals surface area contributed by atoms with Crippen molar-refractivity contribution >= 4 is 0 Å². The Kier molecular flexibility index (Phi) is 2.92. The average Bonchev–Trinajstić information content (AvgIpc) is 3.19. The van der Waals surface area contributed by atoms with E-state index in [1.165, 1.54) is 12.0 Å². The molecule has 1 unspecified atom stereocenters. The summed E-state index contributed by atoms with van der Waals surface area (Å²) in [7, 11) is 0. The molecule has 2 aromatic rings. The predicted octanol–water partition coefficient (Wildman–Crippen LogP) is 1.82. The zero-order valence-electron chi connectivity index (χ0n) is 11.3. The summed E-state index contributed by atoms with van der Waals surface area (Å²) in [6.07, 6.45) is 3.02. The normalized spacial score (nSPS) is 20.9. The van der Waals surface area contributed by atoms with Crippen LogP contribution in [-0.4, -0.2) is 29.8 Å². The summed E-state index contributed by atoms with van der Waals surface area (Å²) >= 11 is 0. The van der Waals surface area contributed by atoms with E-state index >= 15 is 0 Å². The van der Waals surface area contributed by atoms with Crippen LogP contribution in [0, 0.1) is 5.92 Å². The summed E-state index contributed by atoms with van der Waals surface area (Å²) in [5.41, 5.74) is 2.24. The molecule has 1 fully saturated rings. The lowest BCUT2D eigenvalue weighted by Crippen LogP contribution is -2.10. The molecule has 2 aliphatic heterocycles. The van der Waals surface area contributed by atoms with Gasteiger partial charge < -0.3 is 14.6 Å². The van der Waals surface area contributed by atoms with Crippen LogP contribution in [0.4, 0.5) is 0 Å². The van der Waals surface area contributed by atoms with Crippen LogP contribution in [0.1, 0.15) is 17.9 Å². The molecule has 0 spiro atoms. The second-order valence-corrected chi connectivity index (χ2v) is 5.50. The Balaban J connectivity index is 1.55. The van der Waals surface area contributed by atoms with Gasteiger partial charge >= 0.3 is 0 Å². The van der Waals surface area contributed by atoms with Crippen LogP contribution in [0.2, 0.25) is 0 Å². The summed E-state index contributed by atoms with van der Waals surface area (Å²) in [5.74, 6) is 3.03. The molecule has 0 radical (unpaired) electrons. The number of benzene rings is 1. The molecule has 0 bridgehead atoms. The van der Waals surface area contributed by atoms with Gasteiger partial charge in [-0.2, -0.15) is 4.98 Å². The Labute approximate surface area is 117 Å². The van der Waals surface area contributed by atoms with Crippen molar-refractivity contribution in [2.45, 2.75) is 19.3 Å². The minimum atomic E-state index is 0.622. The van der Waals surface area contributed by atoms with Crippen molar-refractivity contribution in [3.8, 4) is 17.1 Å².